The van der Waals surface area contributed by atoms with Crippen LogP contribution in [0, 0.1) is 5.92 Å². The fourth-order valence-electron chi connectivity index (χ4n) is 1.95. The molecule has 0 heterocycles. The third-order valence-corrected chi connectivity index (χ3v) is 3.72. The molecule has 0 amide bonds. The maximum Gasteiger partial charge on any atom is 0.330 e. The molecule has 0 radical (unpaired) electrons. The third kappa shape index (κ3) is 3.27. The van der Waals surface area contributed by atoms with Crippen molar-refractivity contribution in [1.29, 1.82) is 0 Å². The zero-order chi connectivity index (χ0) is 13.1. The number of ether oxygens (including phenoxy) is 1. The average Bonchev–Trinajstić information content (AvgIpc) is 3.10. The lowest BCUT2D eigenvalue weighted by atomic mass is 10.1. The van der Waals surface area contributed by atoms with E-state index in [1.807, 2.05) is 24.3 Å². The Bertz CT molecular complexity index is 483. The van der Waals surface area contributed by atoms with Gasteiger partial charge in [-0.05, 0) is 42.9 Å². The molecule has 0 spiro atoms. The van der Waals surface area contributed by atoms with Crippen LogP contribution in [0.15, 0.2) is 30.4 Å². The quantitative estimate of drug-likeness (QED) is 0.611. The van der Waals surface area contributed by atoms with Crippen molar-refractivity contribution in [3.8, 4) is 0 Å². The molecular weight excluding hydrogens is 271 g/mol. The van der Waals surface area contributed by atoms with Gasteiger partial charge in [0.1, 0.15) is 0 Å². The van der Waals surface area contributed by atoms with Crippen LogP contribution in [0.25, 0.3) is 0 Å². The highest BCUT2D eigenvalue weighted by molar-refractivity contribution is 6.42. The van der Waals surface area contributed by atoms with Crippen molar-refractivity contribution in [1.82, 2.24) is 0 Å². The van der Waals surface area contributed by atoms with E-state index in [0.29, 0.717) is 28.5 Å². The van der Waals surface area contributed by atoms with Crippen LogP contribution in [0.5, 0.6) is 0 Å². The molecule has 18 heavy (non-hydrogen) atoms. The van der Waals surface area contributed by atoms with Crippen molar-refractivity contribution >= 4 is 29.2 Å². The summed E-state index contributed by atoms with van der Waals surface area (Å²) in [4.78, 5) is 11.2. The van der Waals surface area contributed by atoms with Crippen LogP contribution in [0.2, 0.25) is 10.0 Å². The molecule has 1 fully saturated rings. The first kappa shape index (κ1) is 13.4. The lowest BCUT2D eigenvalue weighted by molar-refractivity contribution is -0.137. The van der Waals surface area contributed by atoms with Crippen LogP contribution in [-0.4, -0.2) is 12.6 Å². The Morgan fingerprint density at radius 2 is 2.22 bits per heavy atom. The SMILES string of the molecule is CCOC(=O)C=C[C@@H]1C[C@H]1c1ccc(Cl)c(Cl)c1. The van der Waals surface area contributed by atoms with Gasteiger partial charge in [0.25, 0.3) is 0 Å². The van der Waals surface area contributed by atoms with Gasteiger partial charge in [0.15, 0.2) is 0 Å². The molecule has 1 aliphatic carbocycles. The summed E-state index contributed by atoms with van der Waals surface area (Å²) in [7, 11) is 0. The van der Waals surface area contributed by atoms with E-state index in [1.54, 1.807) is 6.92 Å². The highest BCUT2D eigenvalue weighted by Crippen LogP contribution is 2.49. The monoisotopic (exact) mass is 284 g/mol. The van der Waals surface area contributed by atoms with Gasteiger partial charge in [-0.2, -0.15) is 0 Å². The molecule has 2 rings (SSSR count). The fourth-order valence-corrected chi connectivity index (χ4v) is 2.25. The number of esters is 1. The smallest absolute Gasteiger partial charge is 0.330 e. The van der Waals surface area contributed by atoms with E-state index in [-0.39, 0.29) is 5.97 Å². The van der Waals surface area contributed by atoms with Gasteiger partial charge in [-0.3, -0.25) is 0 Å². The van der Waals surface area contributed by atoms with Crippen LogP contribution in [0.4, 0.5) is 0 Å². The Kier molecular flexibility index (Phi) is 4.31. The average molecular weight is 285 g/mol. The normalized spacial score (nSPS) is 22.2. The number of halogens is 2. The molecule has 0 unspecified atom stereocenters. The molecular formula is C14H14Cl2O2. The van der Waals surface area contributed by atoms with E-state index >= 15 is 0 Å². The number of carbonyl (C=O) groups excluding carboxylic acids is 1. The summed E-state index contributed by atoms with van der Waals surface area (Å²) in [6, 6.07) is 5.69. The highest BCUT2D eigenvalue weighted by Gasteiger charge is 2.36. The van der Waals surface area contributed by atoms with Gasteiger partial charge in [0, 0.05) is 6.08 Å². The first-order valence-corrected chi connectivity index (χ1v) is 6.67. The molecule has 2 atom stereocenters. The summed E-state index contributed by atoms with van der Waals surface area (Å²) in [5, 5.41) is 1.15. The zero-order valence-corrected chi connectivity index (χ0v) is 11.5. The highest BCUT2D eigenvalue weighted by atomic mass is 35.5. The first-order valence-electron chi connectivity index (χ1n) is 5.91. The lowest BCUT2D eigenvalue weighted by Crippen LogP contribution is -1.98. The van der Waals surface area contributed by atoms with Crippen molar-refractivity contribution in [2.75, 3.05) is 6.61 Å². The molecule has 1 aliphatic rings. The Balaban J connectivity index is 1.94. The first-order chi connectivity index (χ1) is 8.61. The Labute approximate surface area is 117 Å². The summed E-state index contributed by atoms with van der Waals surface area (Å²) in [6.45, 7) is 2.20. The summed E-state index contributed by atoms with van der Waals surface area (Å²) in [6.07, 6.45) is 4.45. The molecule has 0 N–H and O–H groups in total. The van der Waals surface area contributed by atoms with Crippen LogP contribution < -0.4 is 0 Å². The van der Waals surface area contributed by atoms with Crippen molar-refractivity contribution in [2.24, 2.45) is 5.92 Å². The fraction of sp³-hybridized carbons (Fsp3) is 0.357. The Morgan fingerprint density at radius 1 is 1.44 bits per heavy atom. The number of benzene rings is 1. The minimum Gasteiger partial charge on any atom is -0.463 e. The van der Waals surface area contributed by atoms with Crippen molar-refractivity contribution in [3.05, 3.63) is 46.0 Å². The van der Waals surface area contributed by atoms with E-state index in [2.05, 4.69) is 0 Å². The van der Waals surface area contributed by atoms with E-state index in [1.165, 1.54) is 11.6 Å². The van der Waals surface area contributed by atoms with E-state index in [0.717, 1.165) is 6.42 Å². The van der Waals surface area contributed by atoms with E-state index in [9.17, 15) is 4.79 Å². The van der Waals surface area contributed by atoms with Gasteiger partial charge in [0.05, 0.1) is 16.7 Å². The van der Waals surface area contributed by atoms with Crippen LogP contribution in [0.1, 0.15) is 24.8 Å². The van der Waals surface area contributed by atoms with Gasteiger partial charge in [-0.1, -0.05) is 35.3 Å². The maximum absolute atomic E-state index is 11.2. The predicted octanol–water partition coefficient (Wildman–Crippen LogP) is 4.22. The number of allylic oxidation sites excluding steroid dienone is 1. The van der Waals surface area contributed by atoms with E-state index < -0.39 is 0 Å². The van der Waals surface area contributed by atoms with Crippen LogP contribution >= 0.6 is 23.2 Å². The molecule has 0 aliphatic heterocycles. The molecule has 2 nitrogen and oxygen atoms in total. The molecule has 1 aromatic carbocycles. The van der Waals surface area contributed by atoms with Gasteiger partial charge in [-0.25, -0.2) is 4.79 Å². The van der Waals surface area contributed by atoms with Gasteiger partial charge < -0.3 is 4.74 Å². The minimum atomic E-state index is -0.280. The number of carbonyl (C=O) groups is 1. The molecule has 4 heteroatoms. The summed E-state index contributed by atoms with van der Waals surface area (Å²) >= 11 is 11.9. The Morgan fingerprint density at radius 3 is 2.89 bits per heavy atom. The summed E-state index contributed by atoms with van der Waals surface area (Å²) < 4.78 is 4.83. The van der Waals surface area contributed by atoms with Crippen molar-refractivity contribution in [3.63, 3.8) is 0 Å². The molecule has 1 saturated carbocycles. The second-order valence-electron chi connectivity index (χ2n) is 4.29. The lowest BCUT2D eigenvalue weighted by Gasteiger charge is -2.01. The summed E-state index contributed by atoms with van der Waals surface area (Å²) in [5.41, 5.74) is 1.17. The molecule has 0 bridgehead atoms. The molecule has 0 aromatic heterocycles. The standard InChI is InChI=1S/C14H14Cl2O2/c1-2-18-14(17)6-4-9-7-11(9)10-3-5-12(15)13(16)8-10/h3-6,8-9,11H,2,7H2,1H3/t9-,11-/m1/s1. The number of hydrogen-bond acceptors (Lipinski definition) is 2. The third-order valence-electron chi connectivity index (χ3n) is 2.98. The van der Waals surface area contributed by atoms with Crippen LogP contribution in [-0.2, 0) is 9.53 Å². The largest absolute Gasteiger partial charge is 0.463 e. The molecule has 1 aromatic rings. The van der Waals surface area contributed by atoms with Crippen molar-refractivity contribution in [2.45, 2.75) is 19.3 Å². The van der Waals surface area contributed by atoms with E-state index in [4.69, 9.17) is 27.9 Å². The second kappa shape index (κ2) is 5.77. The zero-order valence-electron chi connectivity index (χ0n) is 10.0. The maximum atomic E-state index is 11.2. The van der Waals surface area contributed by atoms with Crippen LogP contribution in [0.3, 0.4) is 0 Å². The van der Waals surface area contributed by atoms with Gasteiger partial charge in [-0.15, -0.1) is 0 Å². The number of rotatable bonds is 4. The second-order valence-corrected chi connectivity index (χ2v) is 5.11. The predicted molar refractivity (Wildman–Crippen MR) is 73.1 cm³/mol. The minimum absolute atomic E-state index is 0.280. The van der Waals surface area contributed by atoms with Gasteiger partial charge >= 0.3 is 5.97 Å². The van der Waals surface area contributed by atoms with Gasteiger partial charge in [0.2, 0.25) is 0 Å². The number of hydrogen-bond donors (Lipinski definition) is 0. The Hall–Kier alpha value is -0.990. The molecule has 0 saturated heterocycles. The topological polar surface area (TPSA) is 26.3 Å². The molecule has 96 valence electrons. The summed E-state index contributed by atoms with van der Waals surface area (Å²) in [5.74, 6) is 0.550. The van der Waals surface area contributed by atoms with Crippen molar-refractivity contribution < 1.29 is 9.53 Å².